The van der Waals surface area contributed by atoms with Crippen LogP contribution in [0.4, 0.5) is 5.95 Å². The van der Waals surface area contributed by atoms with Crippen molar-refractivity contribution in [1.82, 2.24) is 34.7 Å². The summed E-state index contributed by atoms with van der Waals surface area (Å²) in [6.07, 6.45) is 6.22. The highest BCUT2D eigenvalue weighted by atomic mass is 15.3. The van der Waals surface area contributed by atoms with Crippen molar-refractivity contribution >= 4 is 17.0 Å². The lowest BCUT2D eigenvalue weighted by atomic mass is 10.2. The number of rotatable bonds is 4. The van der Waals surface area contributed by atoms with Gasteiger partial charge in [0.25, 0.3) is 0 Å². The van der Waals surface area contributed by atoms with E-state index in [4.69, 9.17) is 4.98 Å². The van der Waals surface area contributed by atoms with Crippen LogP contribution in [-0.2, 0) is 19.5 Å². The average Bonchev–Trinajstić information content (AvgIpc) is 3.33. The van der Waals surface area contributed by atoms with E-state index in [9.17, 15) is 0 Å². The van der Waals surface area contributed by atoms with Gasteiger partial charge < -0.3 is 9.47 Å². The van der Waals surface area contributed by atoms with Gasteiger partial charge in [-0.2, -0.15) is 5.10 Å². The molecule has 0 fully saturated rings. The fourth-order valence-corrected chi connectivity index (χ4v) is 3.94. The summed E-state index contributed by atoms with van der Waals surface area (Å²) < 4.78 is 2.25. The molecule has 0 amide bonds. The van der Waals surface area contributed by atoms with Crippen molar-refractivity contribution in [2.24, 2.45) is 0 Å². The molecular formula is C20H22N8. The molecule has 8 nitrogen and oxygen atoms in total. The van der Waals surface area contributed by atoms with Gasteiger partial charge in [-0.25, -0.2) is 15.0 Å². The summed E-state index contributed by atoms with van der Waals surface area (Å²) in [5.41, 5.74) is 6.34. The summed E-state index contributed by atoms with van der Waals surface area (Å²) in [6.45, 7) is 7.93. The summed E-state index contributed by atoms with van der Waals surface area (Å²) in [5.74, 6) is 1.76. The molecule has 0 saturated heterocycles. The number of aromatic amines is 1. The third kappa shape index (κ3) is 2.81. The summed E-state index contributed by atoms with van der Waals surface area (Å²) >= 11 is 0. The van der Waals surface area contributed by atoms with E-state index in [1.54, 1.807) is 0 Å². The Balaban J connectivity index is 1.42. The molecule has 4 aromatic heterocycles. The Labute approximate surface area is 162 Å². The van der Waals surface area contributed by atoms with Crippen LogP contribution in [0, 0.1) is 6.92 Å². The number of aromatic nitrogens is 7. The van der Waals surface area contributed by atoms with Crippen molar-refractivity contribution < 1.29 is 0 Å². The fraction of sp³-hybridized carbons (Fsp3) is 0.350. The molecule has 0 aromatic carbocycles. The highest BCUT2D eigenvalue weighted by Crippen LogP contribution is 2.25. The van der Waals surface area contributed by atoms with Gasteiger partial charge in [-0.05, 0) is 32.9 Å². The summed E-state index contributed by atoms with van der Waals surface area (Å²) in [4.78, 5) is 20.6. The zero-order chi connectivity index (χ0) is 19.3. The first-order valence-electron chi connectivity index (χ1n) is 9.50. The molecule has 0 radical (unpaired) electrons. The number of hydrogen-bond acceptors (Lipinski definition) is 6. The summed E-state index contributed by atoms with van der Waals surface area (Å²) in [6, 6.07) is 4.44. The SMILES string of the molecule is Cc1nc2cnc(Cc3ccnc(N4Cc5cn[nH]c5C4)n3)cc2n1C(C)C. The number of anilines is 1. The van der Waals surface area contributed by atoms with Crippen LogP contribution in [0.2, 0.25) is 0 Å². The van der Waals surface area contributed by atoms with Crippen LogP contribution in [0.1, 0.15) is 48.4 Å². The maximum absolute atomic E-state index is 4.77. The number of fused-ring (bicyclic) bond motifs is 2. The minimum atomic E-state index is 0.354. The van der Waals surface area contributed by atoms with Gasteiger partial charge in [0, 0.05) is 36.5 Å². The molecule has 0 atom stereocenters. The highest BCUT2D eigenvalue weighted by molar-refractivity contribution is 5.75. The maximum atomic E-state index is 4.77. The zero-order valence-corrected chi connectivity index (χ0v) is 16.2. The lowest BCUT2D eigenvalue weighted by Gasteiger charge is -2.15. The largest absolute Gasteiger partial charge is 0.330 e. The molecule has 0 aliphatic carbocycles. The zero-order valence-electron chi connectivity index (χ0n) is 16.2. The Kier molecular flexibility index (Phi) is 3.85. The van der Waals surface area contributed by atoms with Crippen molar-refractivity contribution in [3.63, 3.8) is 0 Å². The van der Waals surface area contributed by atoms with E-state index in [0.717, 1.165) is 53.0 Å². The standard InChI is InChI=1S/C20H22N8/c1-12(2)28-13(3)24-17-9-22-16(7-19(17)28)6-15-4-5-21-20(25-15)27-10-14-8-23-26-18(14)11-27/h4-5,7-9,12H,6,10-11H2,1-3H3,(H,23,26). The van der Waals surface area contributed by atoms with Crippen LogP contribution >= 0.6 is 0 Å². The van der Waals surface area contributed by atoms with Gasteiger partial charge in [0.2, 0.25) is 5.95 Å². The molecule has 5 heterocycles. The average molecular weight is 374 g/mol. The molecule has 0 unspecified atom stereocenters. The molecule has 8 heteroatoms. The van der Waals surface area contributed by atoms with Gasteiger partial charge in [-0.1, -0.05) is 0 Å². The van der Waals surface area contributed by atoms with Gasteiger partial charge in [0.05, 0.1) is 35.8 Å². The monoisotopic (exact) mass is 374 g/mol. The Morgan fingerprint density at radius 1 is 1.11 bits per heavy atom. The van der Waals surface area contributed by atoms with E-state index in [1.807, 2.05) is 31.6 Å². The lowest BCUT2D eigenvalue weighted by Crippen LogP contribution is -2.18. The highest BCUT2D eigenvalue weighted by Gasteiger charge is 2.23. The number of imidazole rings is 1. The van der Waals surface area contributed by atoms with E-state index < -0.39 is 0 Å². The van der Waals surface area contributed by atoms with Crippen molar-refractivity contribution in [3.8, 4) is 0 Å². The smallest absolute Gasteiger partial charge is 0.226 e. The predicted octanol–water partition coefficient (Wildman–Crippen LogP) is 2.94. The van der Waals surface area contributed by atoms with Crippen LogP contribution in [0.25, 0.3) is 11.0 Å². The normalized spacial score (nSPS) is 13.6. The second-order valence-corrected chi connectivity index (χ2v) is 7.54. The third-order valence-corrected chi connectivity index (χ3v) is 5.19. The van der Waals surface area contributed by atoms with Gasteiger partial charge >= 0.3 is 0 Å². The van der Waals surface area contributed by atoms with Crippen LogP contribution in [0.5, 0.6) is 0 Å². The van der Waals surface area contributed by atoms with Crippen LogP contribution < -0.4 is 4.90 Å². The Hall–Kier alpha value is -3.29. The fourth-order valence-electron chi connectivity index (χ4n) is 3.94. The molecule has 0 spiro atoms. The maximum Gasteiger partial charge on any atom is 0.226 e. The molecule has 1 aliphatic heterocycles. The molecule has 0 bridgehead atoms. The van der Waals surface area contributed by atoms with Gasteiger partial charge in [-0.15, -0.1) is 0 Å². The lowest BCUT2D eigenvalue weighted by molar-refractivity contribution is 0.600. The van der Waals surface area contributed by atoms with Gasteiger partial charge in [-0.3, -0.25) is 10.1 Å². The van der Waals surface area contributed by atoms with E-state index in [1.165, 1.54) is 5.56 Å². The van der Waals surface area contributed by atoms with Crippen LogP contribution in [0.15, 0.2) is 30.7 Å². The molecule has 142 valence electrons. The topological polar surface area (TPSA) is 88.4 Å². The third-order valence-electron chi connectivity index (χ3n) is 5.19. The summed E-state index contributed by atoms with van der Waals surface area (Å²) in [7, 11) is 0. The Morgan fingerprint density at radius 3 is 2.82 bits per heavy atom. The number of nitrogens with zero attached hydrogens (tertiary/aromatic N) is 7. The van der Waals surface area contributed by atoms with Crippen LogP contribution in [0.3, 0.4) is 0 Å². The number of nitrogens with one attached hydrogen (secondary N) is 1. The second kappa shape index (κ2) is 6.40. The first-order valence-corrected chi connectivity index (χ1v) is 9.50. The number of aryl methyl sites for hydroxylation is 1. The van der Waals surface area contributed by atoms with Crippen molar-refractivity contribution in [2.45, 2.75) is 46.3 Å². The number of hydrogen-bond donors (Lipinski definition) is 1. The van der Waals surface area contributed by atoms with E-state index in [-0.39, 0.29) is 0 Å². The first-order chi connectivity index (χ1) is 13.6. The Bertz CT molecular complexity index is 1140. The summed E-state index contributed by atoms with van der Waals surface area (Å²) in [5, 5.41) is 7.12. The first kappa shape index (κ1) is 16.9. The molecule has 1 N–H and O–H groups in total. The predicted molar refractivity (Wildman–Crippen MR) is 106 cm³/mol. The van der Waals surface area contributed by atoms with E-state index in [2.05, 4.69) is 54.5 Å². The molecule has 4 aromatic rings. The molecule has 0 saturated carbocycles. The second-order valence-electron chi connectivity index (χ2n) is 7.54. The van der Waals surface area contributed by atoms with Gasteiger partial charge in [0.15, 0.2) is 0 Å². The number of H-pyrrole nitrogens is 1. The quantitative estimate of drug-likeness (QED) is 0.591. The number of pyridine rings is 1. The van der Waals surface area contributed by atoms with Crippen molar-refractivity contribution in [3.05, 3.63) is 59.2 Å². The van der Waals surface area contributed by atoms with Crippen molar-refractivity contribution in [1.29, 1.82) is 0 Å². The van der Waals surface area contributed by atoms with E-state index in [0.29, 0.717) is 12.5 Å². The van der Waals surface area contributed by atoms with E-state index >= 15 is 0 Å². The molecular weight excluding hydrogens is 352 g/mol. The molecule has 1 aliphatic rings. The molecule has 28 heavy (non-hydrogen) atoms. The minimum absolute atomic E-state index is 0.354. The van der Waals surface area contributed by atoms with Crippen molar-refractivity contribution in [2.75, 3.05) is 4.90 Å². The van der Waals surface area contributed by atoms with Crippen LogP contribution in [-0.4, -0.2) is 34.7 Å². The Morgan fingerprint density at radius 2 is 2.00 bits per heavy atom. The minimum Gasteiger partial charge on any atom is -0.330 e. The van der Waals surface area contributed by atoms with Gasteiger partial charge in [0.1, 0.15) is 11.3 Å². The molecule has 5 rings (SSSR count).